The molecular formula is C13H6F6N6O. The van der Waals surface area contributed by atoms with E-state index in [1.54, 1.807) is 0 Å². The van der Waals surface area contributed by atoms with Crippen LogP contribution in [0.3, 0.4) is 0 Å². The van der Waals surface area contributed by atoms with Gasteiger partial charge in [-0.3, -0.25) is 0 Å². The molecule has 0 aliphatic carbocycles. The zero-order valence-electron chi connectivity index (χ0n) is 12.3. The first-order chi connectivity index (χ1) is 12.3. The molecule has 3 aromatic rings. The van der Waals surface area contributed by atoms with Crippen LogP contribution in [0.5, 0.6) is 11.8 Å². The molecule has 0 bridgehead atoms. The molecule has 2 aromatic heterocycles. The molecule has 0 saturated heterocycles. The van der Waals surface area contributed by atoms with Crippen LogP contribution in [0.25, 0.3) is 11.4 Å². The zero-order chi connectivity index (χ0) is 18.9. The van der Waals surface area contributed by atoms with Crippen molar-refractivity contribution >= 4 is 0 Å². The van der Waals surface area contributed by atoms with Gasteiger partial charge in [0.05, 0.1) is 11.1 Å². The summed E-state index contributed by atoms with van der Waals surface area (Å²) in [4.78, 5) is 6.74. The van der Waals surface area contributed by atoms with Crippen LogP contribution in [0.4, 0.5) is 26.3 Å². The van der Waals surface area contributed by atoms with E-state index < -0.39 is 41.5 Å². The zero-order valence-corrected chi connectivity index (χ0v) is 12.3. The third-order valence-corrected chi connectivity index (χ3v) is 3.03. The predicted molar refractivity (Wildman–Crippen MR) is 71.6 cm³/mol. The van der Waals surface area contributed by atoms with Crippen molar-refractivity contribution in [2.24, 2.45) is 0 Å². The maximum absolute atomic E-state index is 14.2. The van der Waals surface area contributed by atoms with Gasteiger partial charge in [0.15, 0.2) is 5.82 Å². The smallest absolute Gasteiger partial charge is 0.419 e. The van der Waals surface area contributed by atoms with Crippen molar-refractivity contribution in [2.45, 2.75) is 12.7 Å². The Bertz CT molecular complexity index is 910. The number of alkyl halides is 5. The Morgan fingerprint density at radius 2 is 1.77 bits per heavy atom. The van der Waals surface area contributed by atoms with Gasteiger partial charge in [0.2, 0.25) is 0 Å². The number of nitrogens with zero attached hydrogens (tertiary/aromatic N) is 6. The van der Waals surface area contributed by atoms with Crippen molar-refractivity contribution in [3.8, 4) is 23.1 Å². The Balaban J connectivity index is 1.99. The molecule has 0 aliphatic heterocycles. The molecule has 0 aliphatic rings. The van der Waals surface area contributed by atoms with Gasteiger partial charge in [-0.2, -0.15) is 26.6 Å². The third kappa shape index (κ3) is 3.41. The predicted octanol–water partition coefficient (Wildman–Crippen LogP) is 3.48. The Labute approximate surface area is 140 Å². The van der Waals surface area contributed by atoms with Crippen molar-refractivity contribution in [2.75, 3.05) is 0 Å². The first-order valence-electron chi connectivity index (χ1n) is 6.69. The monoisotopic (exact) mass is 376 g/mol. The third-order valence-electron chi connectivity index (χ3n) is 3.03. The van der Waals surface area contributed by atoms with Crippen molar-refractivity contribution < 1.29 is 31.1 Å². The van der Waals surface area contributed by atoms with Crippen molar-refractivity contribution in [3.05, 3.63) is 42.0 Å². The van der Waals surface area contributed by atoms with E-state index in [1.807, 2.05) is 0 Å². The maximum Gasteiger partial charge on any atom is 0.419 e. The molecule has 26 heavy (non-hydrogen) atoms. The van der Waals surface area contributed by atoms with Gasteiger partial charge in [0.1, 0.15) is 11.6 Å². The van der Waals surface area contributed by atoms with Crippen LogP contribution in [0.1, 0.15) is 12.1 Å². The highest BCUT2D eigenvalue weighted by Crippen LogP contribution is 2.35. The Morgan fingerprint density at radius 3 is 2.38 bits per heavy atom. The van der Waals surface area contributed by atoms with E-state index in [9.17, 15) is 26.3 Å². The molecule has 136 valence electrons. The van der Waals surface area contributed by atoms with Crippen LogP contribution in [0.15, 0.2) is 30.6 Å². The molecule has 0 spiro atoms. The van der Waals surface area contributed by atoms with E-state index in [1.165, 1.54) is 12.1 Å². The van der Waals surface area contributed by atoms with Crippen molar-refractivity contribution in [1.29, 1.82) is 0 Å². The van der Waals surface area contributed by atoms with E-state index in [4.69, 9.17) is 4.74 Å². The highest BCUT2D eigenvalue weighted by atomic mass is 19.4. The minimum Gasteiger partial charge on any atom is -0.423 e. The molecule has 0 N–H and O–H groups in total. The summed E-state index contributed by atoms with van der Waals surface area (Å²) in [6.45, 7) is -3.16. The molecule has 0 saturated carbocycles. The van der Waals surface area contributed by atoms with Gasteiger partial charge in [-0.15, -0.1) is 5.10 Å². The molecular weight excluding hydrogens is 370 g/mol. The lowest BCUT2D eigenvalue weighted by molar-refractivity contribution is -0.138. The fraction of sp³-hybridized carbons (Fsp3) is 0.154. The second-order valence-corrected chi connectivity index (χ2v) is 4.69. The lowest BCUT2D eigenvalue weighted by atomic mass is 10.1. The van der Waals surface area contributed by atoms with Crippen LogP contribution in [-0.4, -0.2) is 30.2 Å². The number of ether oxygens (including phenoxy) is 1. The second kappa shape index (κ2) is 6.57. The van der Waals surface area contributed by atoms with E-state index in [0.29, 0.717) is 12.4 Å². The molecule has 0 amide bonds. The van der Waals surface area contributed by atoms with Gasteiger partial charge < -0.3 is 4.74 Å². The van der Waals surface area contributed by atoms with E-state index in [0.717, 1.165) is 6.07 Å². The summed E-state index contributed by atoms with van der Waals surface area (Å²) in [6, 6.07) is 2.75. The Hall–Kier alpha value is -3.25. The number of aromatic nitrogens is 6. The summed E-state index contributed by atoms with van der Waals surface area (Å²) in [5.41, 5.74) is -1.65. The average Bonchev–Trinajstić information content (AvgIpc) is 3.04. The Kier molecular flexibility index (Phi) is 4.44. The summed E-state index contributed by atoms with van der Waals surface area (Å²) in [5.74, 6) is -1.99. The fourth-order valence-corrected chi connectivity index (χ4v) is 1.91. The number of halogens is 6. The van der Waals surface area contributed by atoms with Gasteiger partial charge in [-0.05, 0) is 22.6 Å². The molecule has 1 aromatic carbocycles. The van der Waals surface area contributed by atoms with E-state index >= 15 is 0 Å². The molecule has 7 nitrogen and oxygen atoms in total. The summed E-state index contributed by atoms with van der Waals surface area (Å²) in [5, 5.41) is 9.43. The molecule has 13 heteroatoms. The molecule has 3 rings (SSSR count). The van der Waals surface area contributed by atoms with E-state index in [2.05, 4.69) is 25.5 Å². The highest BCUT2D eigenvalue weighted by Gasteiger charge is 2.31. The molecule has 0 unspecified atom stereocenters. The van der Waals surface area contributed by atoms with Crippen LogP contribution in [0.2, 0.25) is 0 Å². The van der Waals surface area contributed by atoms with Gasteiger partial charge in [0.25, 0.3) is 0 Å². The van der Waals surface area contributed by atoms with Crippen molar-refractivity contribution in [1.82, 2.24) is 30.2 Å². The molecule has 2 heterocycles. The van der Waals surface area contributed by atoms with Crippen molar-refractivity contribution in [3.63, 3.8) is 0 Å². The molecule has 0 radical (unpaired) electrons. The number of hydrogen-bond donors (Lipinski definition) is 0. The number of rotatable bonds is 4. The van der Waals surface area contributed by atoms with Gasteiger partial charge in [-0.1, -0.05) is 6.07 Å². The molecule has 0 fully saturated rings. The van der Waals surface area contributed by atoms with Crippen LogP contribution in [0, 0.1) is 5.82 Å². The average molecular weight is 376 g/mol. The normalized spacial score (nSPS) is 11.8. The number of benzene rings is 1. The second-order valence-electron chi connectivity index (χ2n) is 4.69. The standard InChI is InChI=1S/C13H6F6N6O/c14-7-2-1-3-8(9(7)10-22-23-24-25(10)11(15)16)26-12-20-4-6(5-21-12)13(17,18)19/h1-5,11H. The minimum absolute atomic E-state index is 0.0544. The summed E-state index contributed by atoms with van der Waals surface area (Å²) in [6.07, 6.45) is -3.73. The minimum atomic E-state index is -4.65. The van der Waals surface area contributed by atoms with Crippen LogP contribution in [-0.2, 0) is 6.18 Å². The first kappa shape index (κ1) is 17.6. The topological polar surface area (TPSA) is 78.6 Å². The molecule has 0 atom stereocenters. The number of tetrazole rings is 1. The lowest BCUT2D eigenvalue weighted by Crippen LogP contribution is -2.07. The van der Waals surface area contributed by atoms with Gasteiger partial charge in [0, 0.05) is 12.4 Å². The maximum atomic E-state index is 14.2. The van der Waals surface area contributed by atoms with Crippen LogP contribution < -0.4 is 4.74 Å². The lowest BCUT2D eigenvalue weighted by Gasteiger charge is -2.11. The summed E-state index contributed by atoms with van der Waals surface area (Å²) in [7, 11) is 0. The summed E-state index contributed by atoms with van der Waals surface area (Å²) >= 11 is 0. The van der Waals surface area contributed by atoms with Gasteiger partial charge >= 0.3 is 18.7 Å². The van der Waals surface area contributed by atoms with Gasteiger partial charge in [-0.25, -0.2) is 14.4 Å². The highest BCUT2D eigenvalue weighted by molar-refractivity contribution is 5.65. The quantitative estimate of drug-likeness (QED) is 0.649. The first-order valence-corrected chi connectivity index (χ1v) is 6.69. The fourth-order valence-electron chi connectivity index (χ4n) is 1.91. The van der Waals surface area contributed by atoms with E-state index in [-0.39, 0.29) is 10.4 Å². The summed E-state index contributed by atoms with van der Waals surface area (Å²) < 4.78 is 82.7. The van der Waals surface area contributed by atoms with Crippen LogP contribution >= 0.6 is 0 Å². The Morgan fingerprint density at radius 1 is 1.08 bits per heavy atom. The number of hydrogen-bond acceptors (Lipinski definition) is 6. The largest absolute Gasteiger partial charge is 0.423 e. The SMILES string of the molecule is Fc1cccc(Oc2ncc(C(F)(F)F)cn2)c1-c1nnnn1C(F)F.